The minimum absolute atomic E-state index is 0.224. The fraction of sp³-hybridized carbons (Fsp3) is 0.281. The quantitative estimate of drug-likeness (QED) is 0.0847. The van der Waals surface area contributed by atoms with Crippen molar-refractivity contribution in [2.75, 3.05) is 18.0 Å². The third kappa shape index (κ3) is 7.53. The molecular weight excluding hydrogens is 888 g/mol. The number of para-hydroxylation sites is 1. The van der Waals surface area contributed by atoms with Gasteiger partial charge in [0.2, 0.25) is 5.69 Å². The molecule has 2 aliphatic heterocycles. The number of unbranched alkanes of at least 4 members (excludes halogenated alkanes) is 4. The summed E-state index contributed by atoms with van der Waals surface area (Å²) < 4.78 is 11.9. The molecule has 6 aromatic carbocycles. The topological polar surface area (TPSA) is 15.5 Å². The summed E-state index contributed by atoms with van der Waals surface area (Å²) in [6.45, 7) is 16.1. The molecule has 0 saturated heterocycles. The first kappa shape index (κ1) is 42.3. The van der Waals surface area contributed by atoms with Crippen molar-refractivity contribution in [1.82, 2.24) is 0 Å². The molecule has 0 spiro atoms. The summed E-state index contributed by atoms with van der Waals surface area (Å²) in [5.74, 6) is 1.71. The highest BCUT2D eigenvalue weighted by Gasteiger charge is 2.46. The summed E-state index contributed by atoms with van der Waals surface area (Å²) in [7, 11) is 0. The molecule has 0 fully saturated rings. The molecule has 0 saturated carbocycles. The highest BCUT2D eigenvalue weighted by Crippen LogP contribution is 2.52. The Bertz CT molecular complexity index is 2870. The number of ether oxygens (including phenoxy) is 1. The van der Waals surface area contributed by atoms with Gasteiger partial charge < -0.3 is 9.64 Å². The maximum atomic E-state index is 7.08. The number of hydrogen-bond acceptors (Lipinski definition) is 2. The Morgan fingerprint density at radius 2 is 1.27 bits per heavy atom. The van der Waals surface area contributed by atoms with E-state index in [4.69, 9.17) is 4.74 Å². The fourth-order valence-corrected chi connectivity index (χ4v) is 11.1. The first-order valence-electron chi connectivity index (χ1n) is 22.6. The lowest BCUT2D eigenvalue weighted by Gasteiger charge is -2.27. The number of benzene rings is 6. The number of anilines is 1. The molecule has 3 nitrogen and oxygen atoms in total. The van der Waals surface area contributed by atoms with Crippen LogP contribution >= 0.6 is 31.9 Å². The van der Waals surface area contributed by atoms with E-state index in [-0.39, 0.29) is 10.8 Å². The summed E-state index contributed by atoms with van der Waals surface area (Å²) >= 11 is 7.46. The van der Waals surface area contributed by atoms with Crippen molar-refractivity contribution in [3.8, 4) is 5.75 Å². The van der Waals surface area contributed by atoms with E-state index in [2.05, 4.69) is 216 Å². The molecule has 0 amide bonds. The minimum Gasteiger partial charge on any atom is -0.456 e. The second kappa shape index (κ2) is 17.3. The van der Waals surface area contributed by atoms with Crippen LogP contribution in [0.4, 0.5) is 11.4 Å². The van der Waals surface area contributed by atoms with Crippen LogP contribution in [0.5, 0.6) is 5.75 Å². The lowest BCUT2D eigenvalue weighted by molar-refractivity contribution is -0.438. The molecule has 2 heterocycles. The van der Waals surface area contributed by atoms with Gasteiger partial charge >= 0.3 is 0 Å². The number of allylic oxidation sites excluding steroid dienone is 7. The van der Waals surface area contributed by atoms with Crippen LogP contribution in [-0.4, -0.2) is 23.4 Å². The fourth-order valence-electron chi connectivity index (χ4n) is 10.4. The van der Waals surface area contributed by atoms with Crippen molar-refractivity contribution in [2.45, 2.75) is 90.9 Å². The third-order valence-electron chi connectivity index (χ3n) is 13.4. The molecule has 6 aromatic rings. The van der Waals surface area contributed by atoms with E-state index in [1.54, 1.807) is 0 Å². The van der Waals surface area contributed by atoms with Gasteiger partial charge in [0.15, 0.2) is 5.71 Å². The van der Waals surface area contributed by atoms with Crippen LogP contribution in [-0.2, 0) is 10.8 Å². The standard InChI is InChI=1S/C57H57Br2N2O/c1-7-9-16-34-60-49-30-22-38-36-40(58)24-26-43(38)53(49)56(3,4)51(60)32-28-47-45-20-14-15-21-46(45)48(55(47)62-42-18-12-11-13-19-42)29-33-52-57(5,6)54-44-27-25-41(59)37-39(44)23-31-50(54)61(52)35-17-10-8-2/h11-15,18-33,36-37H,7-10,16-17,34-35H2,1-6H3/q+1. The van der Waals surface area contributed by atoms with Crippen molar-refractivity contribution in [1.29, 1.82) is 0 Å². The van der Waals surface area contributed by atoms with E-state index in [0.29, 0.717) is 0 Å². The lowest BCUT2D eigenvalue weighted by Crippen LogP contribution is -2.28. The van der Waals surface area contributed by atoms with Crippen LogP contribution in [0.15, 0.2) is 160 Å². The van der Waals surface area contributed by atoms with Crippen molar-refractivity contribution < 1.29 is 9.31 Å². The number of halogens is 2. The van der Waals surface area contributed by atoms with Crippen molar-refractivity contribution in [3.05, 3.63) is 182 Å². The molecule has 0 aromatic heterocycles. The van der Waals surface area contributed by atoms with Crippen LogP contribution in [0.2, 0.25) is 0 Å². The number of fused-ring (bicyclic) bond motifs is 7. The highest BCUT2D eigenvalue weighted by molar-refractivity contribution is 9.10. The van der Waals surface area contributed by atoms with Gasteiger partial charge in [-0.25, -0.2) is 0 Å². The summed E-state index contributed by atoms with van der Waals surface area (Å²) in [6, 6.07) is 41.8. The Morgan fingerprint density at radius 1 is 0.629 bits per heavy atom. The van der Waals surface area contributed by atoms with Gasteiger partial charge in [-0.2, -0.15) is 4.58 Å². The average Bonchev–Trinajstić information content (AvgIpc) is 3.76. The van der Waals surface area contributed by atoms with Crippen LogP contribution < -0.4 is 9.64 Å². The molecule has 3 aliphatic rings. The van der Waals surface area contributed by atoms with Crippen LogP contribution in [0.1, 0.15) is 102 Å². The molecule has 0 N–H and O–H groups in total. The maximum Gasteiger partial charge on any atom is 0.210 e. The van der Waals surface area contributed by atoms with Crippen molar-refractivity contribution >= 4 is 81.6 Å². The Hall–Kier alpha value is -4.97. The molecule has 314 valence electrons. The summed E-state index contributed by atoms with van der Waals surface area (Å²) in [6.07, 6.45) is 16.5. The van der Waals surface area contributed by atoms with Gasteiger partial charge in [0.1, 0.15) is 18.1 Å². The lowest BCUT2D eigenvalue weighted by atomic mass is 9.79. The smallest absolute Gasteiger partial charge is 0.210 e. The molecule has 0 bridgehead atoms. The molecule has 62 heavy (non-hydrogen) atoms. The van der Waals surface area contributed by atoms with Gasteiger partial charge in [-0.15, -0.1) is 0 Å². The van der Waals surface area contributed by atoms with E-state index in [1.807, 2.05) is 6.07 Å². The van der Waals surface area contributed by atoms with E-state index in [9.17, 15) is 0 Å². The molecule has 0 unspecified atom stereocenters. The SMILES string of the molecule is CCCCCN1/C(=C/C=C2C(Oc3ccccc3)=C(/C=C/C3=[N+](CCCCC)c4ccc5cc(Br)ccc5c4C3(C)C)c3ccccc3/2)C(C)(C)c2c1ccc1cc(Br)ccc21. The predicted molar refractivity (Wildman–Crippen MR) is 271 cm³/mol. The average molecular weight is 946 g/mol. The highest BCUT2D eigenvalue weighted by atomic mass is 79.9. The van der Waals surface area contributed by atoms with E-state index in [1.165, 1.54) is 92.3 Å². The first-order valence-corrected chi connectivity index (χ1v) is 24.2. The van der Waals surface area contributed by atoms with Crippen molar-refractivity contribution in [3.63, 3.8) is 0 Å². The van der Waals surface area contributed by atoms with E-state index in [0.717, 1.165) is 57.5 Å². The second-order valence-electron chi connectivity index (χ2n) is 18.2. The van der Waals surface area contributed by atoms with Crippen molar-refractivity contribution in [2.24, 2.45) is 0 Å². The van der Waals surface area contributed by atoms with Gasteiger partial charge in [0.05, 0.1) is 5.41 Å². The van der Waals surface area contributed by atoms with E-state index < -0.39 is 0 Å². The minimum atomic E-state index is -0.224. The predicted octanol–water partition coefficient (Wildman–Crippen LogP) is 16.4. The Kier molecular flexibility index (Phi) is 11.8. The zero-order valence-electron chi connectivity index (χ0n) is 37.0. The Morgan fingerprint density at radius 3 is 1.98 bits per heavy atom. The summed E-state index contributed by atoms with van der Waals surface area (Å²) in [5.41, 5.74) is 12.2. The number of rotatable bonds is 13. The molecule has 5 heteroatoms. The summed E-state index contributed by atoms with van der Waals surface area (Å²) in [4.78, 5) is 2.60. The largest absolute Gasteiger partial charge is 0.456 e. The first-order chi connectivity index (χ1) is 30.0. The number of nitrogens with zero attached hydrogens (tertiary/aromatic N) is 2. The Labute approximate surface area is 385 Å². The molecule has 0 atom stereocenters. The van der Waals surface area contributed by atoms with Crippen LogP contribution in [0.3, 0.4) is 0 Å². The molecule has 9 rings (SSSR count). The third-order valence-corrected chi connectivity index (χ3v) is 14.3. The van der Waals surface area contributed by atoms with Gasteiger partial charge in [-0.3, -0.25) is 0 Å². The normalized spacial score (nSPS) is 17.6. The van der Waals surface area contributed by atoms with Gasteiger partial charge in [0.25, 0.3) is 0 Å². The number of hydrogen-bond donors (Lipinski definition) is 0. The molecular formula is C57H57Br2N2O+. The Balaban J connectivity index is 1.21. The van der Waals surface area contributed by atoms with E-state index >= 15 is 0 Å². The maximum absolute atomic E-state index is 7.08. The van der Waals surface area contributed by atoms with Gasteiger partial charge in [-0.05, 0) is 132 Å². The van der Waals surface area contributed by atoms with Crippen LogP contribution in [0, 0.1) is 0 Å². The zero-order chi connectivity index (χ0) is 43.2. The summed E-state index contributed by atoms with van der Waals surface area (Å²) in [5, 5.41) is 5.16. The molecule has 0 radical (unpaired) electrons. The molecule has 1 aliphatic carbocycles. The second-order valence-corrected chi connectivity index (χ2v) is 20.0. The van der Waals surface area contributed by atoms with Gasteiger partial charge in [0, 0.05) is 67.6 Å². The van der Waals surface area contributed by atoms with Gasteiger partial charge in [-0.1, -0.05) is 139 Å². The monoisotopic (exact) mass is 943 g/mol. The zero-order valence-corrected chi connectivity index (χ0v) is 40.2. The van der Waals surface area contributed by atoms with Crippen LogP contribution in [0.25, 0.3) is 32.7 Å².